The summed E-state index contributed by atoms with van der Waals surface area (Å²) in [4.78, 5) is 0. The molecule has 32 heavy (non-hydrogen) atoms. The molecule has 4 aromatic rings. The molecule has 1 unspecified atom stereocenters. The summed E-state index contributed by atoms with van der Waals surface area (Å²) in [7, 11) is 0. The number of benzene rings is 2. The number of allylic oxidation sites excluding steroid dienone is 1. The zero-order chi connectivity index (χ0) is 21.9. The molecule has 162 valence electrons. The summed E-state index contributed by atoms with van der Waals surface area (Å²) >= 11 is 7.39. The minimum absolute atomic E-state index is 0.352. The van der Waals surface area contributed by atoms with Crippen LogP contribution in [0.25, 0.3) is 11.5 Å². The van der Waals surface area contributed by atoms with E-state index in [2.05, 4.69) is 27.0 Å². The normalized spacial score (nSPS) is 15.0. The Labute approximate surface area is 193 Å². The van der Waals surface area contributed by atoms with E-state index in [4.69, 9.17) is 25.5 Å². The maximum Gasteiger partial charge on any atom is 0.247 e. The van der Waals surface area contributed by atoms with Crippen LogP contribution in [0.5, 0.6) is 11.5 Å². The van der Waals surface area contributed by atoms with Crippen molar-refractivity contribution in [3.63, 3.8) is 0 Å². The van der Waals surface area contributed by atoms with Crippen LogP contribution in [0.15, 0.2) is 70.8 Å². The van der Waals surface area contributed by atoms with Crippen LogP contribution in [0, 0.1) is 0 Å². The fourth-order valence-electron chi connectivity index (χ4n) is 3.24. The van der Waals surface area contributed by atoms with Gasteiger partial charge in [-0.05, 0) is 36.4 Å². The number of rotatable bonds is 7. The van der Waals surface area contributed by atoms with Crippen LogP contribution in [-0.2, 0) is 12.3 Å². The van der Waals surface area contributed by atoms with Crippen molar-refractivity contribution in [3.8, 4) is 23.0 Å². The summed E-state index contributed by atoms with van der Waals surface area (Å²) in [5.41, 5.74) is 0.810. The van der Waals surface area contributed by atoms with Gasteiger partial charge in [-0.2, -0.15) is 0 Å². The van der Waals surface area contributed by atoms with E-state index in [1.165, 1.54) is 11.8 Å². The number of ether oxygens (including phenoxy) is 2. The first-order valence-electron chi connectivity index (χ1n) is 9.85. The summed E-state index contributed by atoms with van der Waals surface area (Å²) < 4.78 is 19.7. The quantitative estimate of drug-likeness (QED) is 0.278. The number of halogens is 1. The number of thioether (sulfide) groups is 1. The van der Waals surface area contributed by atoms with Crippen molar-refractivity contribution in [2.45, 2.75) is 23.6 Å². The van der Waals surface area contributed by atoms with E-state index in [0.29, 0.717) is 52.4 Å². The molecule has 1 aliphatic heterocycles. The molecular formula is C22H18ClN5O3S. The first-order chi connectivity index (χ1) is 15.7. The Hall–Kier alpha value is -3.30. The third-order valence-electron chi connectivity index (χ3n) is 4.74. The molecule has 1 atom stereocenters. The monoisotopic (exact) mass is 467 g/mol. The predicted octanol–water partition coefficient (Wildman–Crippen LogP) is 4.97. The Balaban J connectivity index is 1.31. The van der Waals surface area contributed by atoms with Crippen LogP contribution in [0.1, 0.15) is 17.8 Å². The molecule has 2 aromatic carbocycles. The Kier molecular flexibility index (Phi) is 5.83. The summed E-state index contributed by atoms with van der Waals surface area (Å²) in [5, 5.41) is 18.3. The lowest BCUT2D eigenvalue weighted by atomic mass is 10.2. The van der Waals surface area contributed by atoms with E-state index in [9.17, 15) is 0 Å². The number of hydrogen-bond donors (Lipinski definition) is 0. The van der Waals surface area contributed by atoms with Crippen molar-refractivity contribution in [1.29, 1.82) is 0 Å². The predicted molar refractivity (Wildman–Crippen MR) is 120 cm³/mol. The van der Waals surface area contributed by atoms with Crippen molar-refractivity contribution in [2.75, 3.05) is 6.61 Å². The van der Waals surface area contributed by atoms with Crippen molar-refractivity contribution in [3.05, 3.63) is 77.9 Å². The number of nitrogens with zero attached hydrogens (tertiary/aromatic N) is 5. The van der Waals surface area contributed by atoms with E-state index in [1.54, 1.807) is 18.2 Å². The highest BCUT2D eigenvalue weighted by Gasteiger charge is 2.28. The Morgan fingerprint density at radius 1 is 1.06 bits per heavy atom. The van der Waals surface area contributed by atoms with Gasteiger partial charge in [0.1, 0.15) is 6.61 Å². The second kappa shape index (κ2) is 9.05. The molecule has 0 bridgehead atoms. The minimum atomic E-state index is -0.369. The number of fused-ring (bicyclic) bond motifs is 1. The van der Waals surface area contributed by atoms with Gasteiger partial charge in [0.15, 0.2) is 28.6 Å². The van der Waals surface area contributed by atoms with Gasteiger partial charge in [0.25, 0.3) is 0 Å². The second-order valence-corrected chi connectivity index (χ2v) is 8.28. The van der Waals surface area contributed by atoms with E-state index in [1.807, 2.05) is 41.0 Å². The molecule has 1 aliphatic rings. The SMILES string of the molecule is C=CCn1c(SCc2nnc(-c3ccc(Cl)cc3)o2)nnc1C1COc2ccccc2O1. The van der Waals surface area contributed by atoms with Gasteiger partial charge in [0.05, 0.1) is 5.75 Å². The molecular weight excluding hydrogens is 450 g/mol. The third kappa shape index (κ3) is 4.21. The molecule has 5 rings (SSSR count). The van der Waals surface area contributed by atoms with Crippen LogP contribution >= 0.6 is 23.4 Å². The van der Waals surface area contributed by atoms with E-state index >= 15 is 0 Å². The lowest BCUT2D eigenvalue weighted by Gasteiger charge is -2.26. The fraction of sp³-hybridized carbons (Fsp3) is 0.182. The molecule has 10 heteroatoms. The van der Waals surface area contributed by atoms with Gasteiger partial charge >= 0.3 is 0 Å². The number of aromatic nitrogens is 5. The summed E-state index contributed by atoms with van der Waals surface area (Å²) in [6, 6.07) is 14.8. The maximum atomic E-state index is 6.10. The van der Waals surface area contributed by atoms with Gasteiger partial charge in [-0.15, -0.1) is 27.0 Å². The van der Waals surface area contributed by atoms with E-state index in [0.717, 1.165) is 11.3 Å². The van der Waals surface area contributed by atoms with Crippen molar-refractivity contribution in [1.82, 2.24) is 25.0 Å². The topological polar surface area (TPSA) is 88.1 Å². The molecule has 0 fully saturated rings. The van der Waals surface area contributed by atoms with Crippen LogP contribution in [0.2, 0.25) is 5.02 Å². The Bertz CT molecular complexity index is 1240. The van der Waals surface area contributed by atoms with Gasteiger partial charge in [0.2, 0.25) is 11.8 Å². The second-order valence-electron chi connectivity index (χ2n) is 6.90. The minimum Gasteiger partial charge on any atom is -0.485 e. The number of hydrogen-bond acceptors (Lipinski definition) is 8. The molecule has 3 heterocycles. The summed E-state index contributed by atoms with van der Waals surface area (Å²) in [5.74, 6) is 3.46. The smallest absolute Gasteiger partial charge is 0.247 e. The van der Waals surface area contributed by atoms with Gasteiger partial charge in [-0.3, -0.25) is 4.57 Å². The van der Waals surface area contributed by atoms with Gasteiger partial charge in [-0.1, -0.05) is 41.6 Å². The molecule has 0 saturated carbocycles. The first kappa shape index (κ1) is 20.6. The van der Waals surface area contributed by atoms with Crippen LogP contribution in [0.4, 0.5) is 0 Å². The highest BCUT2D eigenvalue weighted by molar-refractivity contribution is 7.98. The standard InChI is InChI=1S/C22H18ClN5O3S/c1-2-11-28-20(18-12-29-16-5-3-4-6-17(16)30-18)25-27-22(28)32-13-19-24-26-21(31-19)14-7-9-15(23)10-8-14/h2-10,18H,1,11-13H2. The van der Waals surface area contributed by atoms with Gasteiger partial charge < -0.3 is 13.9 Å². The average molecular weight is 468 g/mol. The van der Waals surface area contributed by atoms with E-state index in [-0.39, 0.29) is 6.10 Å². The van der Waals surface area contributed by atoms with Crippen LogP contribution in [0.3, 0.4) is 0 Å². The molecule has 0 radical (unpaired) electrons. The van der Waals surface area contributed by atoms with Crippen LogP contribution in [-0.4, -0.2) is 31.6 Å². The lowest BCUT2D eigenvalue weighted by Crippen LogP contribution is -2.25. The first-order valence-corrected chi connectivity index (χ1v) is 11.2. The van der Waals surface area contributed by atoms with Gasteiger partial charge in [-0.25, -0.2) is 0 Å². The molecule has 0 N–H and O–H groups in total. The average Bonchev–Trinajstić information content (AvgIpc) is 3.45. The molecule has 0 aliphatic carbocycles. The molecule has 8 nitrogen and oxygen atoms in total. The summed E-state index contributed by atoms with van der Waals surface area (Å²) in [6.07, 6.45) is 1.42. The maximum absolute atomic E-state index is 6.10. The van der Waals surface area contributed by atoms with Crippen molar-refractivity contribution in [2.24, 2.45) is 0 Å². The van der Waals surface area contributed by atoms with E-state index < -0.39 is 0 Å². The highest BCUT2D eigenvalue weighted by atomic mass is 35.5. The molecule has 0 saturated heterocycles. The Morgan fingerprint density at radius 3 is 2.69 bits per heavy atom. The Morgan fingerprint density at radius 2 is 1.88 bits per heavy atom. The van der Waals surface area contributed by atoms with Crippen molar-refractivity contribution < 1.29 is 13.9 Å². The third-order valence-corrected chi connectivity index (χ3v) is 5.94. The lowest BCUT2D eigenvalue weighted by molar-refractivity contribution is 0.0821. The van der Waals surface area contributed by atoms with Gasteiger partial charge in [0, 0.05) is 17.1 Å². The molecule has 0 spiro atoms. The zero-order valence-corrected chi connectivity index (χ0v) is 18.4. The summed E-state index contributed by atoms with van der Waals surface area (Å²) in [6.45, 7) is 4.74. The van der Waals surface area contributed by atoms with Crippen LogP contribution < -0.4 is 9.47 Å². The number of para-hydroxylation sites is 2. The highest BCUT2D eigenvalue weighted by Crippen LogP contribution is 2.36. The fourth-order valence-corrected chi connectivity index (χ4v) is 4.16. The molecule has 0 amide bonds. The van der Waals surface area contributed by atoms with Crippen molar-refractivity contribution >= 4 is 23.4 Å². The zero-order valence-electron chi connectivity index (χ0n) is 16.8. The molecule has 2 aromatic heterocycles. The largest absolute Gasteiger partial charge is 0.485 e.